The lowest BCUT2D eigenvalue weighted by Gasteiger charge is -2.12. The van der Waals surface area contributed by atoms with Crippen molar-refractivity contribution in [2.75, 3.05) is 5.32 Å². The number of carboxylic acid groups (broad SMARTS) is 1. The average Bonchev–Trinajstić information content (AvgIpc) is 2.92. The number of nitrogens with one attached hydrogen (secondary N) is 1. The molecule has 0 bridgehead atoms. The minimum atomic E-state index is -1.33. The summed E-state index contributed by atoms with van der Waals surface area (Å²) >= 11 is 0. The maximum absolute atomic E-state index is 11.9. The average molecular weight is 323 g/mol. The van der Waals surface area contributed by atoms with Crippen LogP contribution in [0.2, 0.25) is 0 Å². The van der Waals surface area contributed by atoms with Crippen molar-refractivity contribution >= 4 is 17.8 Å². The lowest BCUT2D eigenvalue weighted by Crippen LogP contribution is -2.21. The van der Waals surface area contributed by atoms with Gasteiger partial charge in [0.15, 0.2) is 5.57 Å². The third-order valence-corrected chi connectivity index (χ3v) is 3.33. The number of aryl methyl sites for hydroxylation is 1. The first-order chi connectivity index (χ1) is 10.8. The van der Waals surface area contributed by atoms with Crippen molar-refractivity contribution in [3.05, 3.63) is 24.0 Å². The molecule has 0 aliphatic rings. The number of hydrogen-bond donors (Lipinski definition) is 2. The van der Waals surface area contributed by atoms with Gasteiger partial charge in [-0.15, -0.1) is 0 Å². The zero-order valence-electron chi connectivity index (χ0n) is 14.1. The number of aromatic nitrogens is 2. The fraction of sp³-hybridized carbons (Fsp3) is 0.562. The zero-order chi connectivity index (χ0) is 17.4. The molecule has 2 N–H and O–H groups in total. The SMILES string of the molecule is CCC(C)OC(=O)C(=CNc1ccnn1CCC(C)C)C(=O)O. The predicted octanol–water partition coefficient (Wildman–Crippen LogP) is 2.65. The standard InChI is InChI=1S/C16H25N3O4/c1-5-12(4)23-16(22)13(15(20)21)10-17-14-6-8-18-19(14)9-7-11(2)3/h6,8,10-12,17H,5,7,9H2,1-4H3,(H,20,21). The van der Waals surface area contributed by atoms with E-state index in [0.29, 0.717) is 24.7 Å². The Morgan fingerprint density at radius 1 is 1.43 bits per heavy atom. The number of rotatable bonds is 9. The second-order valence-corrected chi connectivity index (χ2v) is 5.75. The van der Waals surface area contributed by atoms with Crippen molar-refractivity contribution in [2.24, 2.45) is 5.92 Å². The molecule has 0 aliphatic heterocycles. The fourth-order valence-corrected chi connectivity index (χ4v) is 1.70. The van der Waals surface area contributed by atoms with E-state index in [1.165, 1.54) is 0 Å². The van der Waals surface area contributed by atoms with Crippen LogP contribution in [-0.4, -0.2) is 32.9 Å². The van der Waals surface area contributed by atoms with Crippen molar-refractivity contribution in [3.63, 3.8) is 0 Å². The first-order valence-electron chi connectivity index (χ1n) is 7.77. The van der Waals surface area contributed by atoms with Crippen LogP contribution in [0.5, 0.6) is 0 Å². The molecule has 0 aliphatic carbocycles. The van der Waals surface area contributed by atoms with Crippen molar-refractivity contribution < 1.29 is 19.4 Å². The second kappa shape index (κ2) is 8.97. The monoisotopic (exact) mass is 323 g/mol. The van der Waals surface area contributed by atoms with E-state index in [4.69, 9.17) is 4.74 Å². The first kappa shape index (κ1) is 18.7. The van der Waals surface area contributed by atoms with Gasteiger partial charge in [0.05, 0.1) is 12.3 Å². The number of hydrogen-bond acceptors (Lipinski definition) is 5. The van der Waals surface area contributed by atoms with Gasteiger partial charge >= 0.3 is 11.9 Å². The van der Waals surface area contributed by atoms with Crippen LogP contribution in [0.1, 0.15) is 40.5 Å². The summed E-state index contributed by atoms with van der Waals surface area (Å²) in [6, 6.07) is 1.72. The van der Waals surface area contributed by atoms with Crippen molar-refractivity contribution in [3.8, 4) is 0 Å². The summed E-state index contributed by atoms with van der Waals surface area (Å²) in [5.41, 5.74) is -0.443. The molecule has 1 rings (SSSR count). The number of carbonyl (C=O) groups is 2. The summed E-state index contributed by atoms with van der Waals surface area (Å²) in [5.74, 6) is -1.03. The summed E-state index contributed by atoms with van der Waals surface area (Å²) < 4.78 is 6.78. The van der Waals surface area contributed by atoms with Crippen molar-refractivity contribution in [2.45, 2.75) is 53.2 Å². The molecule has 1 heterocycles. The molecule has 1 atom stereocenters. The Balaban J connectivity index is 2.80. The van der Waals surface area contributed by atoms with Crippen LogP contribution < -0.4 is 5.32 Å². The predicted molar refractivity (Wildman–Crippen MR) is 86.9 cm³/mol. The molecule has 1 unspecified atom stereocenters. The molecule has 7 nitrogen and oxygen atoms in total. The lowest BCUT2D eigenvalue weighted by atomic mass is 10.1. The number of esters is 1. The van der Waals surface area contributed by atoms with E-state index >= 15 is 0 Å². The van der Waals surface area contributed by atoms with Gasteiger partial charge < -0.3 is 15.2 Å². The largest absolute Gasteiger partial charge is 0.477 e. The molecular weight excluding hydrogens is 298 g/mol. The molecule has 1 aromatic heterocycles. The van der Waals surface area contributed by atoms with Crippen molar-refractivity contribution in [1.29, 1.82) is 0 Å². The van der Waals surface area contributed by atoms with Crippen LogP contribution in [0, 0.1) is 5.92 Å². The summed E-state index contributed by atoms with van der Waals surface area (Å²) in [4.78, 5) is 23.1. The van der Waals surface area contributed by atoms with Gasteiger partial charge in [-0.3, -0.25) is 0 Å². The summed E-state index contributed by atoms with van der Waals surface area (Å²) in [5, 5.41) is 16.2. The molecule has 0 spiro atoms. The van der Waals surface area contributed by atoms with Crippen LogP contribution >= 0.6 is 0 Å². The van der Waals surface area contributed by atoms with Crippen LogP contribution in [0.25, 0.3) is 0 Å². The van der Waals surface area contributed by atoms with E-state index in [1.54, 1.807) is 23.9 Å². The second-order valence-electron chi connectivity index (χ2n) is 5.75. The number of nitrogens with zero attached hydrogens (tertiary/aromatic N) is 2. The van der Waals surface area contributed by atoms with Gasteiger partial charge in [-0.25, -0.2) is 14.3 Å². The molecule has 7 heteroatoms. The third kappa shape index (κ3) is 6.14. The van der Waals surface area contributed by atoms with Crippen LogP contribution in [-0.2, 0) is 20.9 Å². The summed E-state index contributed by atoms with van der Waals surface area (Å²) in [7, 11) is 0. The van der Waals surface area contributed by atoms with Crippen LogP contribution in [0.4, 0.5) is 5.82 Å². The fourth-order valence-electron chi connectivity index (χ4n) is 1.70. The van der Waals surface area contributed by atoms with Crippen molar-refractivity contribution in [1.82, 2.24) is 9.78 Å². The molecule has 0 aromatic carbocycles. The molecule has 0 radical (unpaired) electrons. The Bertz CT molecular complexity index is 563. The van der Waals surface area contributed by atoms with E-state index in [2.05, 4.69) is 24.3 Å². The molecule has 0 saturated carbocycles. The van der Waals surface area contributed by atoms with Gasteiger partial charge in [0.2, 0.25) is 0 Å². The molecule has 0 fully saturated rings. The number of ether oxygens (including phenoxy) is 1. The Labute approximate surface area is 136 Å². The normalized spacial score (nSPS) is 13.0. The number of carboxylic acids is 1. The Kier molecular flexibility index (Phi) is 7.31. The number of aliphatic carboxylic acids is 1. The Morgan fingerprint density at radius 2 is 2.13 bits per heavy atom. The smallest absolute Gasteiger partial charge is 0.347 e. The summed E-state index contributed by atoms with van der Waals surface area (Å²) in [6.07, 6.45) is 4.00. The lowest BCUT2D eigenvalue weighted by molar-refractivity contribution is -0.147. The molecule has 0 saturated heterocycles. The van der Waals surface area contributed by atoms with Crippen LogP contribution in [0.3, 0.4) is 0 Å². The van der Waals surface area contributed by atoms with Gasteiger partial charge in [-0.1, -0.05) is 20.8 Å². The van der Waals surface area contributed by atoms with Gasteiger partial charge in [0.25, 0.3) is 0 Å². The highest BCUT2D eigenvalue weighted by atomic mass is 16.5. The molecule has 0 amide bonds. The van der Waals surface area contributed by atoms with Gasteiger partial charge in [-0.05, 0) is 25.7 Å². The maximum atomic E-state index is 11.9. The zero-order valence-corrected chi connectivity index (χ0v) is 14.1. The molecular formula is C16H25N3O4. The minimum Gasteiger partial charge on any atom is -0.477 e. The van der Waals surface area contributed by atoms with Crippen LogP contribution in [0.15, 0.2) is 24.0 Å². The van der Waals surface area contributed by atoms with E-state index in [0.717, 1.165) is 12.6 Å². The first-order valence-corrected chi connectivity index (χ1v) is 7.77. The highest BCUT2D eigenvalue weighted by molar-refractivity contribution is 6.13. The maximum Gasteiger partial charge on any atom is 0.347 e. The highest BCUT2D eigenvalue weighted by Crippen LogP contribution is 2.11. The molecule has 1 aromatic rings. The van der Waals surface area contributed by atoms with E-state index in [-0.39, 0.29) is 6.10 Å². The highest BCUT2D eigenvalue weighted by Gasteiger charge is 2.21. The van der Waals surface area contributed by atoms with Gasteiger partial charge in [-0.2, -0.15) is 5.10 Å². The third-order valence-electron chi connectivity index (χ3n) is 3.33. The van der Waals surface area contributed by atoms with E-state index in [1.807, 2.05) is 6.92 Å². The van der Waals surface area contributed by atoms with Gasteiger partial charge in [0.1, 0.15) is 5.82 Å². The van der Waals surface area contributed by atoms with Gasteiger partial charge in [0, 0.05) is 18.8 Å². The Morgan fingerprint density at radius 3 is 2.70 bits per heavy atom. The topological polar surface area (TPSA) is 93.5 Å². The quantitative estimate of drug-likeness (QED) is 0.314. The number of anilines is 1. The van der Waals surface area contributed by atoms with E-state index < -0.39 is 17.5 Å². The minimum absolute atomic E-state index is 0.332. The summed E-state index contributed by atoms with van der Waals surface area (Å²) in [6.45, 7) is 8.51. The Hall–Kier alpha value is -2.31. The molecule has 128 valence electrons. The van der Waals surface area contributed by atoms with E-state index in [9.17, 15) is 14.7 Å². The molecule has 23 heavy (non-hydrogen) atoms. The number of carbonyl (C=O) groups excluding carboxylic acids is 1.